The standard InChI is InChI=1S/C18H18F2O3/c19-14-10-15(18(21)6-8-22-9-7-18)17(20)16(11-14)23-12-13-4-2-1-3-5-13/h1-5,10-11,21H,6-9,12H2. The van der Waals surface area contributed by atoms with Crippen molar-refractivity contribution in [1.82, 2.24) is 0 Å². The molecule has 0 spiro atoms. The Morgan fingerprint density at radius 3 is 2.48 bits per heavy atom. The number of aliphatic hydroxyl groups is 1. The highest BCUT2D eigenvalue weighted by Crippen LogP contribution is 2.37. The molecule has 23 heavy (non-hydrogen) atoms. The lowest BCUT2D eigenvalue weighted by atomic mass is 9.86. The number of ether oxygens (including phenoxy) is 2. The van der Waals surface area contributed by atoms with Gasteiger partial charge in [0.1, 0.15) is 12.4 Å². The topological polar surface area (TPSA) is 38.7 Å². The van der Waals surface area contributed by atoms with E-state index in [0.29, 0.717) is 13.2 Å². The zero-order chi connectivity index (χ0) is 16.3. The van der Waals surface area contributed by atoms with Crippen LogP contribution in [0.15, 0.2) is 42.5 Å². The van der Waals surface area contributed by atoms with Crippen LogP contribution in [0.2, 0.25) is 0 Å². The Kier molecular flexibility index (Phi) is 4.59. The second kappa shape index (κ2) is 6.64. The minimum atomic E-state index is -1.42. The summed E-state index contributed by atoms with van der Waals surface area (Å²) >= 11 is 0. The number of benzene rings is 2. The Balaban J connectivity index is 1.86. The highest BCUT2D eigenvalue weighted by Gasteiger charge is 2.36. The van der Waals surface area contributed by atoms with Crippen LogP contribution in [0.5, 0.6) is 5.75 Å². The van der Waals surface area contributed by atoms with E-state index in [0.717, 1.165) is 17.7 Å². The van der Waals surface area contributed by atoms with Gasteiger partial charge in [0.05, 0.1) is 5.60 Å². The maximum absolute atomic E-state index is 14.7. The number of hydrogen-bond acceptors (Lipinski definition) is 3. The van der Waals surface area contributed by atoms with E-state index in [-0.39, 0.29) is 30.8 Å². The Hall–Kier alpha value is -1.98. The van der Waals surface area contributed by atoms with Crippen molar-refractivity contribution in [3.63, 3.8) is 0 Å². The van der Waals surface area contributed by atoms with Crippen molar-refractivity contribution in [2.24, 2.45) is 0 Å². The number of rotatable bonds is 4. The summed E-state index contributed by atoms with van der Waals surface area (Å²) in [6.45, 7) is 0.751. The predicted octanol–water partition coefficient (Wildman–Crippen LogP) is 3.54. The first kappa shape index (κ1) is 15.9. The molecule has 3 rings (SSSR count). The minimum Gasteiger partial charge on any atom is -0.486 e. The summed E-state index contributed by atoms with van der Waals surface area (Å²) in [6.07, 6.45) is 0.455. The van der Waals surface area contributed by atoms with Crippen LogP contribution < -0.4 is 4.74 Å². The predicted molar refractivity (Wildman–Crippen MR) is 81.1 cm³/mol. The molecule has 1 heterocycles. The van der Waals surface area contributed by atoms with Gasteiger partial charge in [-0.1, -0.05) is 30.3 Å². The van der Waals surface area contributed by atoms with Crippen LogP contribution in [0.1, 0.15) is 24.0 Å². The van der Waals surface area contributed by atoms with Crippen LogP contribution in [0.4, 0.5) is 8.78 Å². The molecule has 1 aliphatic rings. The zero-order valence-electron chi connectivity index (χ0n) is 12.6. The SMILES string of the molecule is OC1(c2cc(F)cc(OCc3ccccc3)c2F)CCOCC1. The summed E-state index contributed by atoms with van der Waals surface area (Å²) < 4.78 is 39.2. The third-order valence-corrected chi connectivity index (χ3v) is 4.06. The lowest BCUT2D eigenvalue weighted by Crippen LogP contribution is -2.34. The molecule has 0 aliphatic carbocycles. The molecule has 0 unspecified atom stereocenters. The van der Waals surface area contributed by atoms with Crippen molar-refractivity contribution in [1.29, 1.82) is 0 Å². The zero-order valence-corrected chi connectivity index (χ0v) is 12.6. The van der Waals surface area contributed by atoms with E-state index in [2.05, 4.69) is 0 Å². The molecule has 1 saturated heterocycles. The van der Waals surface area contributed by atoms with Crippen molar-refractivity contribution in [2.45, 2.75) is 25.0 Å². The van der Waals surface area contributed by atoms with Crippen LogP contribution in [-0.2, 0) is 16.9 Å². The molecule has 1 aliphatic heterocycles. The highest BCUT2D eigenvalue weighted by atomic mass is 19.1. The Morgan fingerprint density at radius 1 is 1.09 bits per heavy atom. The molecule has 0 atom stereocenters. The van der Waals surface area contributed by atoms with E-state index >= 15 is 0 Å². The molecule has 5 heteroatoms. The fourth-order valence-corrected chi connectivity index (χ4v) is 2.72. The Bertz CT molecular complexity index is 667. The monoisotopic (exact) mass is 320 g/mol. The van der Waals surface area contributed by atoms with Gasteiger partial charge in [-0.15, -0.1) is 0 Å². The molecular formula is C18H18F2O3. The van der Waals surface area contributed by atoms with Gasteiger partial charge in [0.15, 0.2) is 11.6 Å². The van der Waals surface area contributed by atoms with E-state index in [1.807, 2.05) is 30.3 Å². The average Bonchev–Trinajstić information content (AvgIpc) is 2.57. The maximum atomic E-state index is 14.7. The lowest BCUT2D eigenvalue weighted by Gasteiger charge is -2.33. The van der Waals surface area contributed by atoms with Gasteiger partial charge in [-0.25, -0.2) is 8.78 Å². The second-order valence-corrected chi connectivity index (χ2v) is 5.68. The fraction of sp³-hybridized carbons (Fsp3) is 0.333. The number of halogens is 2. The van der Waals surface area contributed by atoms with Crippen molar-refractivity contribution < 1.29 is 23.4 Å². The van der Waals surface area contributed by atoms with Crippen LogP contribution >= 0.6 is 0 Å². The Labute approximate surface area is 133 Å². The Morgan fingerprint density at radius 2 is 1.78 bits per heavy atom. The molecule has 0 saturated carbocycles. The molecule has 3 nitrogen and oxygen atoms in total. The second-order valence-electron chi connectivity index (χ2n) is 5.68. The third kappa shape index (κ3) is 3.51. The summed E-state index contributed by atoms with van der Waals surface area (Å²) in [5.74, 6) is -1.54. The third-order valence-electron chi connectivity index (χ3n) is 4.06. The van der Waals surface area contributed by atoms with E-state index in [1.165, 1.54) is 0 Å². The van der Waals surface area contributed by atoms with Gasteiger partial charge in [0, 0.05) is 37.7 Å². The molecule has 0 aromatic heterocycles. The van der Waals surface area contributed by atoms with Gasteiger partial charge in [0.2, 0.25) is 0 Å². The van der Waals surface area contributed by atoms with Crippen LogP contribution in [-0.4, -0.2) is 18.3 Å². The molecular weight excluding hydrogens is 302 g/mol. The van der Waals surface area contributed by atoms with Crippen molar-refractivity contribution in [3.8, 4) is 5.75 Å². The first-order valence-electron chi connectivity index (χ1n) is 7.55. The van der Waals surface area contributed by atoms with Crippen LogP contribution in [0, 0.1) is 11.6 Å². The van der Waals surface area contributed by atoms with Gasteiger partial charge in [-0.2, -0.15) is 0 Å². The van der Waals surface area contributed by atoms with Crippen molar-refractivity contribution >= 4 is 0 Å². The summed E-state index contributed by atoms with van der Waals surface area (Å²) in [5.41, 5.74) is -0.638. The molecule has 1 fully saturated rings. The van der Waals surface area contributed by atoms with Crippen LogP contribution in [0.3, 0.4) is 0 Å². The normalized spacial score (nSPS) is 17.0. The van der Waals surface area contributed by atoms with E-state index in [4.69, 9.17) is 9.47 Å². The van der Waals surface area contributed by atoms with Gasteiger partial charge < -0.3 is 14.6 Å². The smallest absolute Gasteiger partial charge is 0.171 e. The molecule has 0 amide bonds. The largest absolute Gasteiger partial charge is 0.486 e. The summed E-state index contributed by atoms with van der Waals surface area (Å²) in [7, 11) is 0. The summed E-state index contributed by atoms with van der Waals surface area (Å²) in [6, 6.07) is 11.3. The molecule has 0 radical (unpaired) electrons. The van der Waals surface area contributed by atoms with Crippen molar-refractivity contribution in [2.75, 3.05) is 13.2 Å². The first-order valence-corrected chi connectivity index (χ1v) is 7.55. The quantitative estimate of drug-likeness (QED) is 0.936. The molecule has 2 aromatic carbocycles. The van der Waals surface area contributed by atoms with Crippen LogP contribution in [0.25, 0.3) is 0 Å². The minimum absolute atomic E-state index is 0.0659. The molecule has 1 N–H and O–H groups in total. The van der Waals surface area contributed by atoms with Gasteiger partial charge in [-0.05, 0) is 11.6 Å². The van der Waals surface area contributed by atoms with Gasteiger partial charge in [0.25, 0.3) is 0 Å². The van der Waals surface area contributed by atoms with Gasteiger partial charge in [-0.3, -0.25) is 0 Å². The van der Waals surface area contributed by atoms with E-state index in [9.17, 15) is 13.9 Å². The molecule has 2 aromatic rings. The summed E-state index contributed by atoms with van der Waals surface area (Å²) in [4.78, 5) is 0. The molecule has 122 valence electrons. The van der Waals surface area contributed by atoms with E-state index < -0.39 is 17.2 Å². The highest BCUT2D eigenvalue weighted by molar-refractivity contribution is 5.36. The number of hydrogen-bond donors (Lipinski definition) is 1. The maximum Gasteiger partial charge on any atom is 0.171 e. The fourth-order valence-electron chi connectivity index (χ4n) is 2.72. The lowest BCUT2D eigenvalue weighted by molar-refractivity contribution is -0.0701. The average molecular weight is 320 g/mol. The first-order chi connectivity index (χ1) is 11.1. The molecule has 0 bridgehead atoms. The summed E-state index contributed by atoms with van der Waals surface area (Å²) in [5, 5.41) is 10.6. The van der Waals surface area contributed by atoms with E-state index in [1.54, 1.807) is 0 Å². The van der Waals surface area contributed by atoms with Gasteiger partial charge >= 0.3 is 0 Å². The van der Waals surface area contributed by atoms with Crippen molar-refractivity contribution in [3.05, 3.63) is 65.2 Å².